The first-order valence-corrected chi connectivity index (χ1v) is 8.73. The summed E-state index contributed by atoms with van der Waals surface area (Å²) in [5, 5.41) is 0. The first-order valence-electron chi connectivity index (χ1n) is 8.73. The van der Waals surface area contributed by atoms with E-state index in [9.17, 15) is 18.0 Å². The zero-order valence-electron chi connectivity index (χ0n) is 14.6. The smallest absolute Gasteiger partial charge is 0.174 e. The highest BCUT2D eigenvalue weighted by Crippen LogP contribution is 2.21. The summed E-state index contributed by atoms with van der Waals surface area (Å²) in [5.74, 6) is -3.61. The van der Waals surface area contributed by atoms with Crippen LogP contribution < -0.4 is 0 Å². The molecule has 1 saturated heterocycles. The topological polar surface area (TPSA) is 33.2 Å². The third-order valence-electron chi connectivity index (χ3n) is 4.83. The molecule has 0 atom stereocenters. The minimum Gasteiger partial charge on any atom is -0.306 e. The Morgan fingerprint density at radius 1 is 1.12 bits per heavy atom. The van der Waals surface area contributed by atoms with Crippen LogP contribution in [-0.4, -0.2) is 35.8 Å². The molecule has 0 aliphatic carbocycles. The van der Waals surface area contributed by atoms with Crippen molar-refractivity contribution >= 4 is 5.78 Å². The van der Waals surface area contributed by atoms with Gasteiger partial charge in [-0.15, -0.1) is 0 Å². The second-order valence-corrected chi connectivity index (χ2v) is 6.92. The number of hydrogen-bond acceptors (Lipinski definition) is 3. The third-order valence-corrected chi connectivity index (χ3v) is 4.83. The molecule has 0 radical (unpaired) electrons. The number of rotatable bonds is 5. The van der Waals surface area contributed by atoms with Crippen LogP contribution in [0.1, 0.15) is 34.6 Å². The van der Waals surface area contributed by atoms with Gasteiger partial charge in [0.2, 0.25) is 0 Å². The van der Waals surface area contributed by atoms with E-state index in [-0.39, 0.29) is 6.42 Å². The second kappa shape index (κ2) is 7.99. The Morgan fingerprint density at radius 2 is 1.73 bits per heavy atom. The van der Waals surface area contributed by atoms with Crippen molar-refractivity contribution in [3.63, 3.8) is 0 Å². The Bertz CT molecular complexity index is 778. The summed E-state index contributed by atoms with van der Waals surface area (Å²) >= 11 is 0. The van der Waals surface area contributed by atoms with E-state index in [0.717, 1.165) is 38.0 Å². The lowest BCUT2D eigenvalue weighted by atomic mass is 9.92. The molecule has 3 nitrogen and oxygen atoms in total. The van der Waals surface area contributed by atoms with Gasteiger partial charge in [-0.2, -0.15) is 0 Å². The molecule has 0 saturated carbocycles. The van der Waals surface area contributed by atoms with E-state index in [2.05, 4.69) is 16.9 Å². The number of ketones is 1. The molecular weight excluding hydrogens is 341 g/mol. The highest BCUT2D eigenvalue weighted by atomic mass is 19.1. The quantitative estimate of drug-likeness (QED) is 0.759. The molecule has 1 aromatic heterocycles. The Balaban J connectivity index is 1.70. The maximum atomic E-state index is 13.8. The van der Waals surface area contributed by atoms with Crippen LogP contribution in [0.3, 0.4) is 0 Å². The second-order valence-electron chi connectivity index (χ2n) is 6.92. The predicted molar refractivity (Wildman–Crippen MR) is 92.5 cm³/mol. The molecule has 3 rings (SSSR count). The summed E-state index contributed by atoms with van der Waals surface area (Å²) in [6, 6.07) is 6.40. The zero-order chi connectivity index (χ0) is 18.7. The Kier molecular flexibility index (Phi) is 5.71. The molecule has 0 bridgehead atoms. The van der Waals surface area contributed by atoms with Crippen LogP contribution in [0.15, 0.2) is 30.3 Å². The van der Waals surface area contributed by atoms with Crippen molar-refractivity contribution in [1.82, 2.24) is 9.88 Å². The fraction of sp³-hybridized carbons (Fsp3) is 0.400. The molecule has 138 valence electrons. The number of halogens is 3. The molecule has 0 spiro atoms. The van der Waals surface area contributed by atoms with Gasteiger partial charge in [0.25, 0.3) is 0 Å². The van der Waals surface area contributed by atoms with Crippen LogP contribution in [0.5, 0.6) is 0 Å². The van der Waals surface area contributed by atoms with Gasteiger partial charge in [-0.1, -0.05) is 6.07 Å². The molecule has 1 fully saturated rings. The predicted octanol–water partition coefficient (Wildman–Crippen LogP) is 3.81. The maximum absolute atomic E-state index is 13.8. The van der Waals surface area contributed by atoms with Crippen LogP contribution in [0.4, 0.5) is 13.2 Å². The van der Waals surface area contributed by atoms with Crippen LogP contribution in [0, 0.1) is 23.4 Å². The first kappa shape index (κ1) is 18.6. The Morgan fingerprint density at radius 3 is 2.38 bits per heavy atom. The summed E-state index contributed by atoms with van der Waals surface area (Å²) in [7, 11) is 2.11. The van der Waals surface area contributed by atoms with Crippen molar-refractivity contribution in [3.8, 4) is 0 Å². The monoisotopic (exact) mass is 362 g/mol. The normalized spacial score (nSPS) is 16.0. The summed E-state index contributed by atoms with van der Waals surface area (Å²) in [4.78, 5) is 19.0. The largest absolute Gasteiger partial charge is 0.306 e. The molecule has 0 amide bonds. The van der Waals surface area contributed by atoms with Crippen molar-refractivity contribution in [2.75, 3.05) is 20.1 Å². The van der Waals surface area contributed by atoms with Crippen LogP contribution >= 0.6 is 0 Å². The average molecular weight is 362 g/mol. The van der Waals surface area contributed by atoms with Crippen molar-refractivity contribution in [2.45, 2.75) is 25.7 Å². The van der Waals surface area contributed by atoms with Crippen LogP contribution in [0.2, 0.25) is 0 Å². The number of aromatic nitrogens is 1. The van der Waals surface area contributed by atoms with Crippen molar-refractivity contribution in [2.24, 2.45) is 5.92 Å². The number of carbonyl (C=O) groups excluding carboxylic acids is 1. The molecule has 1 aromatic carbocycles. The number of nitrogens with zero attached hydrogens (tertiary/aromatic N) is 2. The summed E-state index contributed by atoms with van der Waals surface area (Å²) in [6.07, 6.45) is 2.82. The van der Waals surface area contributed by atoms with Gasteiger partial charge in [-0.25, -0.2) is 13.2 Å². The lowest BCUT2D eigenvalue weighted by Crippen LogP contribution is -2.31. The highest BCUT2D eigenvalue weighted by Gasteiger charge is 2.21. The van der Waals surface area contributed by atoms with E-state index >= 15 is 0 Å². The maximum Gasteiger partial charge on any atom is 0.174 e. The summed E-state index contributed by atoms with van der Waals surface area (Å²) in [5.41, 5.74) is 0.627. The molecule has 1 aliphatic rings. The van der Waals surface area contributed by atoms with E-state index in [1.807, 2.05) is 6.07 Å². The van der Waals surface area contributed by atoms with Crippen LogP contribution in [-0.2, 0) is 12.8 Å². The molecule has 0 unspecified atom stereocenters. The summed E-state index contributed by atoms with van der Waals surface area (Å²) in [6.45, 7) is 2.12. The van der Waals surface area contributed by atoms with E-state index in [4.69, 9.17) is 0 Å². The van der Waals surface area contributed by atoms with Gasteiger partial charge in [-0.05, 0) is 57.5 Å². The molecular formula is C20H21F3N2O. The fourth-order valence-electron chi connectivity index (χ4n) is 3.36. The SMILES string of the molecule is CN1CCC(Cc2cccc(CC(=O)c3c(F)cc(F)cc3F)n2)CC1. The number of benzene rings is 1. The lowest BCUT2D eigenvalue weighted by Gasteiger charge is -2.28. The average Bonchev–Trinajstić information content (AvgIpc) is 2.56. The van der Waals surface area contributed by atoms with E-state index in [1.165, 1.54) is 0 Å². The molecule has 2 aromatic rings. The Labute approximate surface area is 150 Å². The highest BCUT2D eigenvalue weighted by molar-refractivity contribution is 5.97. The lowest BCUT2D eigenvalue weighted by molar-refractivity contribution is 0.0983. The van der Waals surface area contributed by atoms with Gasteiger partial charge in [-0.3, -0.25) is 9.78 Å². The van der Waals surface area contributed by atoms with Gasteiger partial charge in [0.1, 0.15) is 17.5 Å². The van der Waals surface area contributed by atoms with Gasteiger partial charge in [0.05, 0.1) is 12.0 Å². The number of pyridine rings is 1. The van der Waals surface area contributed by atoms with E-state index in [1.54, 1.807) is 12.1 Å². The number of hydrogen-bond donors (Lipinski definition) is 0. The Hall–Kier alpha value is -2.21. The minimum atomic E-state index is -1.19. The van der Waals surface area contributed by atoms with E-state index in [0.29, 0.717) is 23.7 Å². The molecule has 0 N–H and O–H groups in total. The van der Waals surface area contributed by atoms with E-state index < -0.39 is 28.8 Å². The number of likely N-dealkylation sites (tertiary alicyclic amines) is 1. The van der Waals surface area contributed by atoms with Gasteiger partial charge >= 0.3 is 0 Å². The number of Topliss-reactive ketones (excluding diaryl/α,β-unsaturated/α-hetero) is 1. The number of piperidine rings is 1. The van der Waals surface area contributed by atoms with Crippen molar-refractivity contribution in [3.05, 3.63) is 64.7 Å². The molecule has 6 heteroatoms. The minimum absolute atomic E-state index is 0.222. The zero-order valence-corrected chi connectivity index (χ0v) is 14.6. The molecule has 2 heterocycles. The fourth-order valence-corrected chi connectivity index (χ4v) is 3.36. The summed E-state index contributed by atoms with van der Waals surface area (Å²) < 4.78 is 40.5. The molecule has 26 heavy (non-hydrogen) atoms. The van der Waals surface area contributed by atoms with Gasteiger partial charge in [0, 0.05) is 23.5 Å². The van der Waals surface area contributed by atoms with Crippen molar-refractivity contribution in [1.29, 1.82) is 0 Å². The van der Waals surface area contributed by atoms with Gasteiger partial charge < -0.3 is 4.90 Å². The van der Waals surface area contributed by atoms with Crippen molar-refractivity contribution < 1.29 is 18.0 Å². The standard InChI is InChI=1S/C20H21F3N2O/c1-25-7-5-13(6-8-25)9-15-3-2-4-16(24-15)12-19(26)20-17(22)10-14(21)11-18(20)23/h2-4,10-11,13H,5-9,12H2,1H3. The number of carbonyl (C=O) groups is 1. The molecule has 1 aliphatic heterocycles. The third kappa shape index (κ3) is 4.49. The van der Waals surface area contributed by atoms with Crippen LogP contribution in [0.25, 0.3) is 0 Å². The van der Waals surface area contributed by atoms with Gasteiger partial charge in [0.15, 0.2) is 5.78 Å². The first-order chi connectivity index (χ1) is 12.4.